The van der Waals surface area contributed by atoms with Crippen molar-refractivity contribution < 1.29 is 9.47 Å². The number of benzene rings is 2. The Kier molecular flexibility index (Phi) is 4.87. The number of ether oxygens (including phenoxy) is 2. The van der Waals surface area contributed by atoms with Gasteiger partial charge in [-0.05, 0) is 36.4 Å². The van der Waals surface area contributed by atoms with E-state index < -0.39 is 0 Å². The lowest BCUT2D eigenvalue weighted by Crippen LogP contribution is -2.01. The van der Waals surface area contributed by atoms with Crippen molar-refractivity contribution >= 4 is 45.6 Å². The van der Waals surface area contributed by atoms with Crippen LogP contribution in [0.3, 0.4) is 0 Å². The lowest BCUT2D eigenvalue weighted by Gasteiger charge is -2.12. The van der Waals surface area contributed by atoms with E-state index in [4.69, 9.17) is 32.7 Å². The molecular formula is C16H14Cl2N4O2. The number of rotatable bonds is 5. The van der Waals surface area contributed by atoms with Gasteiger partial charge >= 0.3 is 0 Å². The Hall–Kier alpha value is -2.31. The van der Waals surface area contributed by atoms with Crippen LogP contribution in [-0.4, -0.2) is 29.1 Å². The first-order valence-electron chi connectivity index (χ1n) is 7.18. The fourth-order valence-electron chi connectivity index (χ4n) is 2.22. The molecule has 0 spiro atoms. The Morgan fingerprint density at radius 2 is 1.88 bits per heavy atom. The molecule has 0 radical (unpaired) electrons. The lowest BCUT2D eigenvalue weighted by atomic mass is 10.2. The third kappa shape index (κ3) is 3.29. The summed E-state index contributed by atoms with van der Waals surface area (Å²) in [6, 6.07) is 8.79. The Balaban J connectivity index is 2.05. The third-order valence-corrected chi connectivity index (χ3v) is 4.06. The van der Waals surface area contributed by atoms with E-state index in [1.807, 2.05) is 13.0 Å². The van der Waals surface area contributed by atoms with Crippen molar-refractivity contribution in [2.24, 2.45) is 0 Å². The van der Waals surface area contributed by atoms with Crippen molar-refractivity contribution in [1.82, 2.24) is 15.4 Å². The Morgan fingerprint density at radius 1 is 1.04 bits per heavy atom. The first kappa shape index (κ1) is 16.5. The summed E-state index contributed by atoms with van der Waals surface area (Å²) in [4.78, 5) is 0. The van der Waals surface area contributed by atoms with Gasteiger partial charge in [-0.25, -0.2) is 0 Å². The molecule has 0 amide bonds. The molecule has 0 fully saturated rings. The first-order valence-corrected chi connectivity index (χ1v) is 7.94. The summed E-state index contributed by atoms with van der Waals surface area (Å²) < 4.78 is 10.9. The minimum atomic E-state index is 0.448. The molecule has 6 nitrogen and oxygen atoms in total. The molecule has 1 aromatic heterocycles. The standard InChI is InChI=1S/C16H14Cl2N4O2/c1-3-24-15-8-13-10(7-14(15)23-2)16(21-22-20-13)19-9-4-5-11(17)12(18)6-9/h4-8H,3H2,1-2H3,(H,19,20,21). The van der Waals surface area contributed by atoms with Crippen LogP contribution in [0, 0.1) is 0 Å². The highest BCUT2D eigenvalue weighted by atomic mass is 35.5. The Labute approximate surface area is 148 Å². The van der Waals surface area contributed by atoms with Gasteiger partial charge in [0.1, 0.15) is 5.52 Å². The lowest BCUT2D eigenvalue weighted by molar-refractivity contribution is 0.311. The van der Waals surface area contributed by atoms with Crippen LogP contribution in [0.2, 0.25) is 10.0 Å². The zero-order valence-electron chi connectivity index (χ0n) is 13.0. The van der Waals surface area contributed by atoms with Crippen molar-refractivity contribution in [3.05, 3.63) is 40.4 Å². The highest BCUT2D eigenvalue weighted by Crippen LogP contribution is 2.35. The van der Waals surface area contributed by atoms with Gasteiger partial charge < -0.3 is 14.8 Å². The average molecular weight is 365 g/mol. The van der Waals surface area contributed by atoms with E-state index in [-0.39, 0.29) is 0 Å². The van der Waals surface area contributed by atoms with E-state index in [0.717, 1.165) is 11.1 Å². The number of nitrogens with one attached hydrogen (secondary N) is 1. The number of hydrogen-bond donors (Lipinski definition) is 1. The number of aromatic nitrogens is 3. The summed E-state index contributed by atoms with van der Waals surface area (Å²) in [6.07, 6.45) is 0. The van der Waals surface area contributed by atoms with Crippen LogP contribution in [0.15, 0.2) is 30.3 Å². The number of fused-ring (bicyclic) bond motifs is 1. The van der Waals surface area contributed by atoms with Gasteiger partial charge in [0.25, 0.3) is 0 Å². The number of nitrogens with zero attached hydrogens (tertiary/aromatic N) is 3. The van der Waals surface area contributed by atoms with Gasteiger partial charge in [-0.3, -0.25) is 0 Å². The van der Waals surface area contributed by atoms with Gasteiger partial charge in [0.2, 0.25) is 0 Å². The molecular weight excluding hydrogens is 351 g/mol. The smallest absolute Gasteiger partial charge is 0.164 e. The van der Waals surface area contributed by atoms with Gasteiger partial charge in [-0.15, -0.1) is 10.2 Å². The van der Waals surface area contributed by atoms with Crippen LogP contribution < -0.4 is 14.8 Å². The molecule has 1 heterocycles. The normalized spacial score (nSPS) is 10.7. The number of anilines is 2. The van der Waals surface area contributed by atoms with E-state index in [1.54, 1.807) is 31.4 Å². The number of hydrogen-bond acceptors (Lipinski definition) is 6. The molecule has 0 saturated heterocycles. The summed E-state index contributed by atoms with van der Waals surface area (Å²) in [7, 11) is 1.58. The average Bonchev–Trinajstić information content (AvgIpc) is 2.58. The minimum absolute atomic E-state index is 0.448. The molecule has 3 rings (SSSR count). The van der Waals surface area contributed by atoms with Gasteiger partial charge in [0, 0.05) is 11.8 Å². The van der Waals surface area contributed by atoms with Gasteiger partial charge in [-0.1, -0.05) is 23.2 Å². The molecule has 3 aromatic rings. The van der Waals surface area contributed by atoms with Crippen LogP contribution in [0.25, 0.3) is 10.9 Å². The monoisotopic (exact) mass is 364 g/mol. The zero-order chi connectivity index (χ0) is 17.1. The zero-order valence-corrected chi connectivity index (χ0v) is 14.5. The fourth-order valence-corrected chi connectivity index (χ4v) is 2.52. The summed E-state index contributed by atoms with van der Waals surface area (Å²) in [5.74, 6) is 1.73. The number of halogens is 2. The van der Waals surface area contributed by atoms with Crippen molar-refractivity contribution in [2.45, 2.75) is 6.92 Å². The van der Waals surface area contributed by atoms with Crippen LogP contribution >= 0.6 is 23.2 Å². The summed E-state index contributed by atoms with van der Waals surface area (Å²) in [5, 5.41) is 16.7. The van der Waals surface area contributed by atoms with E-state index in [9.17, 15) is 0 Å². The second-order valence-electron chi connectivity index (χ2n) is 4.85. The first-order chi connectivity index (χ1) is 11.6. The van der Waals surface area contributed by atoms with Crippen LogP contribution in [0.4, 0.5) is 11.5 Å². The van der Waals surface area contributed by atoms with E-state index >= 15 is 0 Å². The molecule has 124 valence electrons. The molecule has 0 aliphatic rings. The maximum atomic E-state index is 6.04. The highest BCUT2D eigenvalue weighted by molar-refractivity contribution is 6.42. The summed E-state index contributed by atoms with van der Waals surface area (Å²) >= 11 is 12.0. The van der Waals surface area contributed by atoms with Crippen molar-refractivity contribution in [1.29, 1.82) is 0 Å². The second-order valence-corrected chi connectivity index (χ2v) is 5.66. The largest absolute Gasteiger partial charge is 0.493 e. The van der Waals surface area contributed by atoms with E-state index in [2.05, 4.69) is 20.7 Å². The highest BCUT2D eigenvalue weighted by Gasteiger charge is 2.12. The van der Waals surface area contributed by atoms with Crippen LogP contribution in [0.5, 0.6) is 11.5 Å². The van der Waals surface area contributed by atoms with Gasteiger partial charge in [-0.2, -0.15) is 0 Å². The third-order valence-electron chi connectivity index (χ3n) is 3.32. The quantitative estimate of drug-likeness (QED) is 0.719. The van der Waals surface area contributed by atoms with E-state index in [0.29, 0.717) is 39.5 Å². The van der Waals surface area contributed by atoms with Crippen LogP contribution in [0.1, 0.15) is 6.92 Å². The molecule has 24 heavy (non-hydrogen) atoms. The molecule has 0 saturated carbocycles. The molecule has 1 N–H and O–H groups in total. The van der Waals surface area contributed by atoms with Gasteiger partial charge in [0.15, 0.2) is 17.3 Å². The molecule has 0 atom stereocenters. The molecule has 0 bridgehead atoms. The summed E-state index contributed by atoms with van der Waals surface area (Å²) in [5.41, 5.74) is 1.37. The topological polar surface area (TPSA) is 69.2 Å². The van der Waals surface area contributed by atoms with Gasteiger partial charge in [0.05, 0.1) is 29.1 Å². The Morgan fingerprint density at radius 3 is 2.58 bits per heavy atom. The van der Waals surface area contributed by atoms with Crippen molar-refractivity contribution in [3.8, 4) is 11.5 Å². The molecule has 8 heteroatoms. The molecule has 2 aromatic carbocycles. The number of methoxy groups -OCH3 is 1. The van der Waals surface area contributed by atoms with Crippen molar-refractivity contribution in [2.75, 3.05) is 19.0 Å². The van der Waals surface area contributed by atoms with E-state index in [1.165, 1.54) is 0 Å². The minimum Gasteiger partial charge on any atom is -0.493 e. The van der Waals surface area contributed by atoms with Crippen molar-refractivity contribution in [3.63, 3.8) is 0 Å². The fraction of sp³-hybridized carbons (Fsp3) is 0.188. The maximum absolute atomic E-state index is 6.04. The summed E-state index contributed by atoms with van der Waals surface area (Å²) in [6.45, 7) is 2.42. The maximum Gasteiger partial charge on any atom is 0.164 e. The molecule has 0 aliphatic carbocycles. The SMILES string of the molecule is CCOc1cc2nnnc(Nc3ccc(Cl)c(Cl)c3)c2cc1OC. The Bertz CT molecular complexity index is 889. The second kappa shape index (κ2) is 7.07. The van der Waals surface area contributed by atoms with Crippen LogP contribution in [-0.2, 0) is 0 Å². The predicted molar refractivity (Wildman–Crippen MR) is 94.8 cm³/mol. The molecule has 0 aliphatic heterocycles. The molecule has 0 unspecified atom stereocenters. The predicted octanol–water partition coefficient (Wildman–Crippen LogP) is 4.48.